The van der Waals surface area contributed by atoms with Crippen LogP contribution in [0.2, 0.25) is 0 Å². The van der Waals surface area contributed by atoms with Crippen molar-refractivity contribution in [2.75, 3.05) is 23.4 Å². The fourth-order valence-electron chi connectivity index (χ4n) is 10.7. The number of hydrogen-bond acceptors (Lipinski definition) is 13. The predicted octanol–water partition coefficient (Wildman–Crippen LogP) is 12.4. The third-order valence-electron chi connectivity index (χ3n) is 14.7. The molecule has 0 aliphatic carbocycles. The first kappa shape index (κ1) is 54.3. The number of oxime groups is 1. The first-order chi connectivity index (χ1) is 40.8. The van der Waals surface area contributed by atoms with Gasteiger partial charge in [0.1, 0.15) is 35.0 Å². The molecule has 12 nitrogen and oxygen atoms in total. The summed E-state index contributed by atoms with van der Waals surface area (Å²) < 4.78 is 11.6. The number of anilines is 1. The van der Waals surface area contributed by atoms with E-state index in [-0.39, 0.29) is 23.7 Å². The van der Waals surface area contributed by atoms with Crippen molar-refractivity contribution in [1.82, 2.24) is 15.2 Å². The maximum Gasteiger partial charge on any atom is 0.356 e. The van der Waals surface area contributed by atoms with Crippen molar-refractivity contribution in [3.8, 4) is 0 Å². The van der Waals surface area contributed by atoms with Gasteiger partial charge < -0.3 is 24.9 Å². The van der Waals surface area contributed by atoms with Crippen LogP contribution in [0.4, 0.5) is 5.13 Å². The first-order valence-electron chi connectivity index (χ1n) is 26.9. The number of thiazole rings is 1. The number of nitrogens with one attached hydrogen (secondary N) is 2. The Labute approximate surface area is 492 Å². The van der Waals surface area contributed by atoms with Gasteiger partial charge in [-0.05, 0) is 33.4 Å². The van der Waals surface area contributed by atoms with E-state index in [1.165, 1.54) is 45.8 Å². The van der Waals surface area contributed by atoms with Gasteiger partial charge in [-0.2, -0.15) is 0 Å². The van der Waals surface area contributed by atoms with Crippen LogP contribution in [0, 0.1) is 0 Å². The van der Waals surface area contributed by atoms with E-state index in [2.05, 4.69) is 47.0 Å². The third kappa shape index (κ3) is 11.0. The number of nitrogens with zero attached hydrogens (tertiary/aromatic N) is 3. The van der Waals surface area contributed by atoms with Crippen LogP contribution in [0.3, 0.4) is 0 Å². The standard InChI is InChI=1S/C68H53N5O7S3/c74-57-41-46(42-78-57)43-81-56-45-82-64-59(63(76)73(64)60(56)65(77)79-61(47-25-9-1-10-26-47)48-27-11-2-12-28-48)70-62(75)58(72-80-68(52-35-19-6-20-36-52,53-37-21-7-22-38-53)54-39-23-8-24-40-54)55-44-83-66(69-55)71-67(49-29-13-3-14-30-49,50-31-15-4-16-32-50)51-33-17-5-18-34-51/h1-41,44,59,61,64H,42-43,45H2,(H,69,71)(H,70,75)/b72-58-/t59-,64-/m1/s1. The number of esters is 2. The molecule has 1 saturated heterocycles. The number of amides is 2. The summed E-state index contributed by atoms with van der Waals surface area (Å²) >= 11 is 4.04. The highest BCUT2D eigenvalue weighted by molar-refractivity contribution is 8.06. The van der Waals surface area contributed by atoms with Gasteiger partial charge in [0.05, 0.1) is 0 Å². The Kier molecular flexibility index (Phi) is 16.0. The molecular weight excluding hydrogens is 1090 g/mol. The van der Waals surface area contributed by atoms with Crippen LogP contribution in [0.5, 0.6) is 0 Å². The largest absolute Gasteiger partial charge is 0.458 e. The van der Waals surface area contributed by atoms with Crippen LogP contribution in [0.25, 0.3) is 0 Å². The Morgan fingerprint density at radius 2 is 1.11 bits per heavy atom. The summed E-state index contributed by atoms with van der Waals surface area (Å²) in [6, 6.07) is 77.2. The number of hydrogen-bond donors (Lipinski definition) is 2. The molecule has 12 rings (SSSR count). The Morgan fingerprint density at radius 1 is 0.651 bits per heavy atom. The molecule has 8 aromatic carbocycles. The van der Waals surface area contributed by atoms with Gasteiger partial charge >= 0.3 is 11.9 Å². The molecule has 1 fully saturated rings. The van der Waals surface area contributed by atoms with Crippen molar-refractivity contribution in [2.24, 2.45) is 5.16 Å². The van der Waals surface area contributed by atoms with Crippen LogP contribution < -0.4 is 10.6 Å². The quantitative estimate of drug-likeness (QED) is 0.0247. The number of β-lactam (4-membered cyclic amide) rings is 1. The SMILES string of the molecule is O=C1C=C(CSC2=C(C(=O)OC(c3ccccc3)c3ccccc3)N3C(=O)[C@@H](NC(=O)/C(=N\OC(c4ccccc4)(c4ccccc4)c4ccccc4)c4csc(NC(c5ccccc5)(c5ccccc5)c5ccccc5)n4)[C@H]3SC2)CO1. The predicted molar refractivity (Wildman–Crippen MR) is 326 cm³/mol. The third-order valence-corrected chi connectivity index (χ3v) is 18.1. The van der Waals surface area contributed by atoms with Crippen molar-refractivity contribution in [2.45, 2.75) is 28.7 Å². The molecule has 0 bridgehead atoms. The summed E-state index contributed by atoms with van der Waals surface area (Å²) in [6.07, 6.45) is 0.641. The van der Waals surface area contributed by atoms with Crippen LogP contribution in [-0.2, 0) is 44.6 Å². The van der Waals surface area contributed by atoms with Gasteiger partial charge in [0.25, 0.3) is 11.8 Å². The number of rotatable bonds is 20. The summed E-state index contributed by atoms with van der Waals surface area (Å²) in [5.74, 6) is -1.76. The molecule has 2 amide bonds. The van der Waals surface area contributed by atoms with Crippen molar-refractivity contribution in [3.05, 3.63) is 320 Å². The highest BCUT2D eigenvalue weighted by atomic mass is 32.2. The molecule has 0 radical (unpaired) electrons. The molecule has 4 heterocycles. The fourth-order valence-corrected chi connectivity index (χ4v) is 14.0. The highest BCUT2D eigenvalue weighted by Crippen LogP contribution is 2.46. The molecule has 2 atom stereocenters. The van der Waals surface area contributed by atoms with Gasteiger partial charge in [-0.3, -0.25) is 14.5 Å². The number of carbonyl (C=O) groups excluding carboxylic acids is 4. The van der Waals surface area contributed by atoms with E-state index in [0.717, 1.165) is 50.1 Å². The summed E-state index contributed by atoms with van der Waals surface area (Å²) in [6.45, 7) is 0.136. The smallest absolute Gasteiger partial charge is 0.356 e. The summed E-state index contributed by atoms with van der Waals surface area (Å²) in [5, 5.41) is 13.3. The zero-order valence-electron chi connectivity index (χ0n) is 44.5. The minimum atomic E-state index is -1.39. The molecular formula is C68H53N5O7S3. The minimum Gasteiger partial charge on any atom is -0.458 e. The Morgan fingerprint density at radius 3 is 1.57 bits per heavy atom. The second-order valence-corrected chi connectivity index (χ2v) is 22.8. The van der Waals surface area contributed by atoms with Crippen LogP contribution >= 0.6 is 34.9 Å². The summed E-state index contributed by atoms with van der Waals surface area (Å²) in [4.78, 5) is 71.8. The molecule has 3 aliphatic heterocycles. The molecule has 1 aromatic heterocycles. The maximum atomic E-state index is 15.6. The zero-order valence-corrected chi connectivity index (χ0v) is 47.0. The van der Waals surface area contributed by atoms with Gasteiger partial charge in [0.15, 0.2) is 16.9 Å². The Bertz CT molecular complexity index is 3620. The molecule has 2 N–H and O–H groups in total. The van der Waals surface area contributed by atoms with Crippen molar-refractivity contribution >= 4 is 69.5 Å². The zero-order chi connectivity index (χ0) is 56.6. The number of cyclic esters (lactones) is 1. The molecule has 83 heavy (non-hydrogen) atoms. The van der Waals surface area contributed by atoms with Gasteiger partial charge in [0, 0.05) is 44.6 Å². The summed E-state index contributed by atoms with van der Waals surface area (Å²) in [7, 11) is 0. The Balaban J connectivity index is 0.931. The minimum absolute atomic E-state index is 0.0708. The van der Waals surface area contributed by atoms with Crippen LogP contribution in [0.15, 0.2) is 275 Å². The molecule has 0 spiro atoms. The van der Waals surface area contributed by atoms with Crippen LogP contribution in [0.1, 0.15) is 56.3 Å². The second kappa shape index (κ2) is 24.4. The lowest BCUT2D eigenvalue weighted by Crippen LogP contribution is -2.71. The van der Waals surface area contributed by atoms with Gasteiger partial charge in [0.2, 0.25) is 5.60 Å². The van der Waals surface area contributed by atoms with Crippen LogP contribution in [-0.4, -0.2) is 68.9 Å². The highest BCUT2D eigenvalue weighted by Gasteiger charge is 2.55. The monoisotopic (exact) mass is 1150 g/mol. The maximum absolute atomic E-state index is 15.6. The van der Waals surface area contributed by atoms with E-state index in [9.17, 15) is 14.4 Å². The van der Waals surface area contributed by atoms with E-state index < -0.39 is 52.4 Å². The van der Waals surface area contributed by atoms with Crippen molar-refractivity contribution in [3.63, 3.8) is 0 Å². The summed E-state index contributed by atoms with van der Waals surface area (Å²) in [5.41, 5.74) is 5.03. The average Bonchev–Trinajstić information content (AvgIpc) is 4.15. The molecule has 15 heteroatoms. The van der Waals surface area contributed by atoms with Gasteiger partial charge in [-0.25, -0.2) is 14.6 Å². The molecule has 0 unspecified atom stereocenters. The number of thioether (sulfide) groups is 2. The lowest BCUT2D eigenvalue weighted by atomic mass is 9.77. The topological polar surface area (TPSA) is 149 Å². The second-order valence-electron chi connectivity index (χ2n) is 19.8. The molecule has 410 valence electrons. The van der Waals surface area contributed by atoms with Crippen molar-refractivity contribution in [1.29, 1.82) is 0 Å². The molecule has 0 saturated carbocycles. The Hall–Kier alpha value is -9.28. The van der Waals surface area contributed by atoms with E-state index in [4.69, 9.17) is 24.5 Å². The normalized spacial score (nSPS) is 16.1. The van der Waals surface area contributed by atoms with Gasteiger partial charge in [-0.15, -0.1) is 34.9 Å². The van der Waals surface area contributed by atoms with E-state index in [0.29, 0.717) is 21.5 Å². The van der Waals surface area contributed by atoms with E-state index in [1.54, 1.807) is 5.38 Å². The number of aromatic nitrogens is 1. The number of ether oxygens (including phenoxy) is 2. The lowest BCUT2D eigenvalue weighted by Gasteiger charge is -2.49. The number of fused-ring (bicyclic) bond motifs is 1. The van der Waals surface area contributed by atoms with E-state index >= 15 is 4.79 Å². The first-order valence-corrected chi connectivity index (χ1v) is 29.8. The molecule has 3 aliphatic rings. The fraction of sp³-hybridized carbons (Fsp3) is 0.118. The number of carbonyl (C=O) groups is 4. The van der Waals surface area contributed by atoms with Crippen molar-refractivity contribution < 1.29 is 33.5 Å². The number of benzene rings is 8. The van der Waals surface area contributed by atoms with E-state index in [1.807, 2.05) is 206 Å². The average molecular weight is 1150 g/mol. The molecule has 9 aromatic rings. The lowest BCUT2D eigenvalue weighted by molar-refractivity contribution is -0.154. The van der Waals surface area contributed by atoms with Gasteiger partial charge in [-0.1, -0.05) is 248 Å².